The van der Waals surface area contributed by atoms with Gasteiger partial charge in [0.25, 0.3) is 5.91 Å². The smallest absolute Gasteiger partial charge is 0.297 e. The molecule has 0 spiro atoms. The van der Waals surface area contributed by atoms with Crippen molar-refractivity contribution >= 4 is 33.3 Å². The first-order valence-corrected chi connectivity index (χ1v) is 12.3. The Labute approximate surface area is 201 Å². The second-order valence-corrected chi connectivity index (χ2v) is 9.44. The van der Waals surface area contributed by atoms with Gasteiger partial charge in [0.05, 0.1) is 23.6 Å². The van der Waals surface area contributed by atoms with Crippen LogP contribution in [0.15, 0.2) is 51.7 Å². The summed E-state index contributed by atoms with van der Waals surface area (Å²) < 4.78 is 11.7. The minimum Gasteiger partial charge on any atom is -0.494 e. The van der Waals surface area contributed by atoms with E-state index in [1.54, 1.807) is 17.0 Å². The zero-order valence-corrected chi connectivity index (χ0v) is 20.1. The molecule has 0 radical (unpaired) electrons. The van der Waals surface area contributed by atoms with E-state index in [2.05, 4.69) is 17.1 Å². The van der Waals surface area contributed by atoms with Crippen LogP contribution in [0.4, 0.5) is 5.13 Å². The van der Waals surface area contributed by atoms with Gasteiger partial charge in [-0.1, -0.05) is 48.9 Å². The number of benzene rings is 2. The van der Waals surface area contributed by atoms with E-state index in [9.17, 15) is 9.59 Å². The summed E-state index contributed by atoms with van der Waals surface area (Å²) in [4.78, 5) is 28.9. The molecule has 8 heteroatoms. The Morgan fingerprint density at radius 3 is 2.59 bits per heavy atom. The number of aromatic nitrogens is 2. The first kappa shape index (κ1) is 22.3. The lowest BCUT2D eigenvalue weighted by Gasteiger charge is -2.22. The van der Waals surface area contributed by atoms with E-state index >= 15 is 0 Å². The maximum absolute atomic E-state index is 13.7. The van der Waals surface area contributed by atoms with Gasteiger partial charge in [0.1, 0.15) is 16.3 Å². The predicted octanol–water partition coefficient (Wildman–Crippen LogP) is 5.44. The molecule has 34 heavy (non-hydrogen) atoms. The summed E-state index contributed by atoms with van der Waals surface area (Å²) in [6, 6.07) is 12.2. The van der Waals surface area contributed by atoms with Crippen molar-refractivity contribution < 1.29 is 13.9 Å². The summed E-state index contributed by atoms with van der Waals surface area (Å²) in [5.74, 6) is 0.416. The Kier molecular flexibility index (Phi) is 5.91. The standard InChI is InChI=1S/C26H25N3O4S/c1-4-6-20-27-28-26(34-20)29-22(16-8-10-17(11-9-16)32-13-5-2)21-23(30)18-14-15(3)7-12-19(18)33-24(21)25(29)31/h7-12,14,22H,4-6,13H2,1-3H3. The quantitative estimate of drug-likeness (QED) is 0.354. The highest BCUT2D eigenvalue weighted by molar-refractivity contribution is 7.15. The minimum atomic E-state index is -0.661. The molecule has 1 aliphatic rings. The molecule has 2 aromatic heterocycles. The van der Waals surface area contributed by atoms with E-state index in [4.69, 9.17) is 9.15 Å². The van der Waals surface area contributed by atoms with Crippen LogP contribution in [0.25, 0.3) is 11.0 Å². The summed E-state index contributed by atoms with van der Waals surface area (Å²) in [6.07, 6.45) is 2.61. The highest BCUT2D eigenvalue weighted by Crippen LogP contribution is 2.42. The summed E-state index contributed by atoms with van der Waals surface area (Å²) in [5, 5.41) is 10.3. The topological polar surface area (TPSA) is 85.5 Å². The summed E-state index contributed by atoms with van der Waals surface area (Å²) in [7, 11) is 0. The zero-order chi connectivity index (χ0) is 23.8. The van der Waals surface area contributed by atoms with Crippen molar-refractivity contribution in [3.05, 3.63) is 80.1 Å². The number of carbonyl (C=O) groups is 1. The van der Waals surface area contributed by atoms with Gasteiger partial charge in [0, 0.05) is 6.42 Å². The van der Waals surface area contributed by atoms with Crippen molar-refractivity contribution in [2.24, 2.45) is 0 Å². The highest BCUT2D eigenvalue weighted by atomic mass is 32.1. The van der Waals surface area contributed by atoms with Crippen molar-refractivity contribution in [3.63, 3.8) is 0 Å². The van der Waals surface area contributed by atoms with E-state index in [1.807, 2.05) is 44.2 Å². The van der Waals surface area contributed by atoms with Crippen molar-refractivity contribution in [2.75, 3.05) is 11.5 Å². The molecule has 1 aliphatic heterocycles. The van der Waals surface area contributed by atoms with Crippen LogP contribution in [0.1, 0.15) is 65.0 Å². The van der Waals surface area contributed by atoms with Crippen LogP contribution in [0.3, 0.4) is 0 Å². The number of amides is 1. The van der Waals surface area contributed by atoms with E-state index in [1.165, 1.54) is 11.3 Å². The lowest BCUT2D eigenvalue weighted by atomic mass is 9.98. The molecule has 1 amide bonds. The monoisotopic (exact) mass is 475 g/mol. The van der Waals surface area contributed by atoms with Gasteiger partial charge in [-0.25, -0.2) is 0 Å². The first-order valence-electron chi connectivity index (χ1n) is 11.5. The fourth-order valence-corrected chi connectivity index (χ4v) is 5.19. The zero-order valence-electron chi connectivity index (χ0n) is 19.3. The second kappa shape index (κ2) is 9.02. The third-order valence-electron chi connectivity index (χ3n) is 5.82. The van der Waals surface area contributed by atoms with Crippen molar-refractivity contribution in [1.29, 1.82) is 0 Å². The number of anilines is 1. The molecule has 0 bridgehead atoms. The Hall–Kier alpha value is -3.52. The average molecular weight is 476 g/mol. The van der Waals surface area contributed by atoms with Crippen LogP contribution >= 0.6 is 11.3 Å². The van der Waals surface area contributed by atoms with Gasteiger partial charge in [0.15, 0.2) is 5.43 Å². The molecule has 0 saturated heterocycles. The highest BCUT2D eigenvalue weighted by Gasteiger charge is 2.45. The van der Waals surface area contributed by atoms with Crippen molar-refractivity contribution in [2.45, 2.75) is 46.1 Å². The Morgan fingerprint density at radius 1 is 1.06 bits per heavy atom. The van der Waals surface area contributed by atoms with Crippen LogP contribution in [-0.2, 0) is 6.42 Å². The number of hydrogen-bond donors (Lipinski definition) is 0. The largest absolute Gasteiger partial charge is 0.494 e. The molecule has 4 aromatic rings. The molecule has 3 heterocycles. The van der Waals surface area contributed by atoms with Crippen LogP contribution in [0.5, 0.6) is 5.75 Å². The number of hydrogen-bond acceptors (Lipinski definition) is 7. The third kappa shape index (κ3) is 3.77. The molecule has 0 saturated carbocycles. The molecule has 1 atom stereocenters. The molecule has 0 aliphatic carbocycles. The molecule has 1 unspecified atom stereocenters. The van der Waals surface area contributed by atoms with E-state index < -0.39 is 6.04 Å². The lowest BCUT2D eigenvalue weighted by Crippen LogP contribution is -2.29. The van der Waals surface area contributed by atoms with Crippen LogP contribution < -0.4 is 15.1 Å². The molecule has 7 nitrogen and oxygen atoms in total. The molecule has 5 rings (SSSR count). The Balaban J connectivity index is 1.69. The van der Waals surface area contributed by atoms with Gasteiger partial charge in [-0.3, -0.25) is 14.5 Å². The van der Waals surface area contributed by atoms with Gasteiger partial charge in [0.2, 0.25) is 10.9 Å². The fraction of sp³-hybridized carbons (Fsp3) is 0.308. The Morgan fingerprint density at radius 2 is 1.85 bits per heavy atom. The van der Waals surface area contributed by atoms with Crippen molar-refractivity contribution in [3.8, 4) is 5.75 Å². The summed E-state index contributed by atoms with van der Waals surface area (Å²) in [6.45, 7) is 6.66. The van der Waals surface area contributed by atoms with Gasteiger partial charge < -0.3 is 9.15 Å². The fourth-order valence-electron chi connectivity index (χ4n) is 4.22. The van der Waals surface area contributed by atoms with Gasteiger partial charge >= 0.3 is 0 Å². The number of rotatable bonds is 7. The minimum absolute atomic E-state index is 0.0601. The predicted molar refractivity (Wildman–Crippen MR) is 132 cm³/mol. The van der Waals surface area contributed by atoms with Crippen molar-refractivity contribution in [1.82, 2.24) is 10.2 Å². The third-order valence-corrected chi connectivity index (χ3v) is 6.80. The van der Waals surface area contributed by atoms with Crippen LogP contribution in [-0.4, -0.2) is 22.7 Å². The summed E-state index contributed by atoms with van der Waals surface area (Å²) in [5.41, 5.74) is 2.25. The molecule has 2 aromatic carbocycles. The number of carbonyl (C=O) groups excluding carboxylic acids is 1. The van der Waals surface area contributed by atoms with Gasteiger partial charge in [-0.05, 0) is 49.6 Å². The number of fused-ring (bicyclic) bond motifs is 2. The number of ether oxygens (including phenoxy) is 1. The van der Waals surface area contributed by atoms with E-state index in [0.717, 1.165) is 41.1 Å². The maximum Gasteiger partial charge on any atom is 0.297 e. The first-order chi connectivity index (χ1) is 16.5. The van der Waals surface area contributed by atoms with E-state index in [-0.39, 0.29) is 17.1 Å². The van der Waals surface area contributed by atoms with Gasteiger partial charge in [-0.15, -0.1) is 10.2 Å². The maximum atomic E-state index is 13.7. The molecule has 174 valence electrons. The van der Waals surface area contributed by atoms with Crippen LogP contribution in [0, 0.1) is 6.92 Å². The van der Waals surface area contributed by atoms with Gasteiger partial charge in [-0.2, -0.15) is 0 Å². The molecule has 0 fully saturated rings. The normalized spacial score (nSPS) is 15.2. The molecule has 0 N–H and O–H groups in total. The Bertz CT molecular complexity index is 1420. The summed E-state index contributed by atoms with van der Waals surface area (Å²) >= 11 is 1.37. The number of aryl methyl sites for hydroxylation is 2. The molecular formula is C26H25N3O4S. The second-order valence-electron chi connectivity index (χ2n) is 8.40. The average Bonchev–Trinajstić information content (AvgIpc) is 3.41. The molecular weight excluding hydrogens is 450 g/mol. The SMILES string of the molecule is CCCOc1ccc(C2c3c(oc4ccc(C)cc4c3=O)C(=O)N2c2nnc(CCC)s2)cc1. The lowest BCUT2D eigenvalue weighted by molar-refractivity contribution is 0.0970. The number of nitrogens with zero attached hydrogens (tertiary/aromatic N) is 3. The van der Waals surface area contributed by atoms with Crippen LogP contribution in [0.2, 0.25) is 0 Å². The van der Waals surface area contributed by atoms with E-state index in [0.29, 0.717) is 28.3 Å².